The Balaban J connectivity index is 2.36. The van der Waals surface area contributed by atoms with Gasteiger partial charge in [-0.15, -0.1) is 0 Å². The summed E-state index contributed by atoms with van der Waals surface area (Å²) in [6.07, 6.45) is 1.39. The number of nitrogens with zero attached hydrogens (tertiary/aromatic N) is 2. The van der Waals surface area contributed by atoms with Crippen LogP contribution in [-0.4, -0.2) is 33.1 Å². The number of rotatable bonds is 3. The molecule has 3 aromatic rings. The summed E-state index contributed by atoms with van der Waals surface area (Å²) >= 11 is 0. The lowest BCUT2D eigenvalue weighted by Crippen LogP contribution is -2.33. The first-order chi connectivity index (χ1) is 12.1. The van der Waals surface area contributed by atoms with Crippen molar-refractivity contribution < 1.29 is 19.4 Å². The highest BCUT2D eigenvalue weighted by molar-refractivity contribution is 6.05. The van der Waals surface area contributed by atoms with E-state index in [1.165, 1.54) is 18.3 Å². The van der Waals surface area contributed by atoms with Crippen LogP contribution in [0.3, 0.4) is 0 Å². The van der Waals surface area contributed by atoms with Crippen LogP contribution < -0.4 is 5.56 Å². The van der Waals surface area contributed by atoms with Crippen molar-refractivity contribution in [3.8, 4) is 5.75 Å². The first kappa shape index (κ1) is 16.4. The summed E-state index contributed by atoms with van der Waals surface area (Å²) in [5.74, 6) is -2.20. The molecule has 0 bridgehead atoms. The van der Waals surface area contributed by atoms with Crippen LogP contribution in [0, 0.1) is 0 Å². The van der Waals surface area contributed by atoms with E-state index in [1.807, 2.05) is 0 Å². The van der Waals surface area contributed by atoms with Crippen LogP contribution >= 0.6 is 0 Å². The topological polar surface area (TPSA) is 98.5 Å². The van der Waals surface area contributed by atoms with Crippen molar-refractivity contribution in [3.05, 3.63) is 70.1 Å². The molecule has 7 nitrogen and oxygen atoms in total. The molecule has 126 valence electrons. The highest BCUT2D eigenvalue weighted by atomic mass is 16.5. The largest absolute Gasteiger partial charge is 0.506 e. The number of aromatic hydroxyl groups is 1. The van der Waals surface area contributed by atoms with Crippen molar-refractivity contribution in [2.75, 3.05) is 6.61 Å². The molecule has 0 atom stereocenters. The summed E-state index contributed by atoms with van der Waals surface area (Å²) in [6, 6.07) is 11.1. The zero-order valence-corrected chi connectivity index (χ0v) is 13.3. The van der Waals surface area contributed by atoms with Crippen molar-refractivity contribution in [2.24, 2.45) is 0 Å². The fraction of sp³-hybridized carbons (Fsp3) is 0.111. The summed E-state index contributed by atoms with van der Waals surface area (Å²) < 4.78 is 5.61. The minimum absolute atomic E-state index is 0.0232. The van der Waals surface area contributed by atoms with Gasteiger partial charge < -0.3 is 9.84 Å². The lowest BCUT2D eigenvalue weighted by atomic mass is 10.1. The van der Waals surface area contributed by atoms with Gasteiger partial charge in [-0.25, -0.2) is 14.3 Å². The van der Waals surface area contributed by atoms with E-state index in [9.17, 15) is 19.5 Å². The molecule has 0 aliphatic rings. The van der Waals surface area contributed by atoms with Crippen LogP contribution in [-0.2, 0) is 4.74 Å². The molecule has 0 amide bonds. The highest BCUT2D eigenvalue weighted by Crippen LogP contribution is 2.25. The van der Waals surface area contributed by atoms with E-state index in [0.717, 1.165) is 4.57 Å². The van der Waals surface area contributed by atoms with E-state index in [1.54, 1.807) is 37.3 Å². The lowest BCUT2D eigenvalue weighted by molar-refractivity contribution is 0.0521. The van der Waals surface area contributed by atoms with E-state index < -0.39 is 28.7 Å². The SMILES string of the molecule is CCOC(=O)c1c(O)c2cccnc2n(C(=O)c2ccccc2)c1=O. The van der Waals surface area contributed by atoms with Crippen LogP contribution in [0.4, 0.5) is 0 Å². The van der Waals surface area contributed by atoms with Gasteiger partial charge >= 0.3 is 5.97 Å². The molecule has 0 spiro atoms. The Morgan fingerprint density at radius 2 is 1.88 bits per heavy atom. The van der Waals surface area contributed by atoms with E-state index in [0.29, 0.717) is 0 Å². The molecule has 0 radical (unpaired) electrons. The molecular formula is C18H14N2O5. The van der Waals surface area contributed by atoms with Gasteiger partial charge in [0.1, 0.15) is 5.75 Å². The van der Waals surface area contributed by atoms with Gasteiger partial charge in [0.05, 0.1) is 12.0 Å². The third-order valence-electron chi connectivity index (χ3n) is 3.61. The third-order valence-corrected chi connectivity index (χ3v) is 3.61. The number of hydrogen-bond acceptors (Lipinski definition) is 6. The Kier molecular flexibility index (Phi) is 4.30. The van der Waals surface area contributed by atoms with Crippen molar-refractivity contribution >= 4 is 22.9 Å². The van der Waals surface area contributed by atoms with E-state index >= 15 is 0 Å². The summed E-state index contributed by atoms with van der Waals surface area (Å²) in [5.41, 5.74) is -1.36. The molecule has 0 saturated heterocycles. The van der Waals surface area contributed by atoms with Crippen LogP contribution in [0.5, 0.6) is 5.75 Å². The standard InChI is InChI=1S/C18H14N2O5/c1-2-25-18(24)13-14(21)12-9-6-10-19-15(12)20(17(13)23)16(22)11-7-4-3-5-8-11/h3-10,21H,2H2,1H3. The Bertz CT molecular complexity index is 1020. The van der Waals surface area contributed by atoms with Gasteiger partial charge in [-0.2, -0.15) is 0 Å². The summed E-state index contributed by atoms with van der Waals surface area (Å²) in [6.45, 7) is 1.60. The van der Waals surface area contributed by atoms with Gasteiger partial charge in [-0.1, -0.05) is 18.2 Å². The Morgan fingerprint density at radius 1 is 1.16 bits per heavy atom. The average molecular weight is 338 g/mol. The molecule has 0 fully saturated rings. The van der Waals surface area contributed by atoms with Crippen molar-refractivity contribution in [1.29, 1.82) is 0 Å². The van der Waals surface area contributed by atoms with Crippen molar-refractivity contribution in [3.63, 3.8) is 0 Å². The smallest absolute Gasteiger partial charge is 0.347 e. The average Bonchev–Trinajstić information content (AvgIpc) is 2.63. The molecule has 2 heterocycles. The van der Waals surface area contributed by atoms with Crippen LogP contribution in [0.15, 0.2) is 53.5 Å². The fourth-order valence-electron chi connectivity index (χ4n) is 2.49. The molecule has 1 aromatic carbocycles. The molecule has 3 rings (SSSR count). The number of carbonyl (C=O) groups excluding carboxylic acids is 2. The van der Waals surface area contributed by atoms with Crippen LogP contribution in [0.25, 0.3) is 11.0 Å². The molecule has 25 heavy (non-hydrogen) atoms. The normalized spacial score (nSPS) is 10.6. The minimum atomic E-state index is -0.995. The first-order valence-electron chi connectivity index (χ1n) is 7.55. The Morgan fingerprint density at radius 3 is 2.56 bits per heavy atom. The van der Waals surface area contributed by atoms with Gasteiger partial charge in [-0.05, 0) is 31.2 Å². The number of esters is 1. The Labute approximate surface area is 142 Å². The predicted molar refractivity (Wildman–Crippen MR) is 89.8 cm³/mol. The number of pyridine rings is 2. The van der Waals surface area contributed by atoms with Crippen molar-refractivity contribution in [2.45, 2.75) is 6.92 Å². The maximum Gasteiger partial charge on any atom is 0.347 e. The van der Waals surface area contributed by atoms with Crippen LogP contribution in [0.2, 0.25) is 0 Å². The third kappa shape index (κ3) is 2.76. The van der Waals surface area contributed by atoms with Crippen molar-refractivity contribution in [1.82, 2.24) is 9.55 Å². The van der Waals surface area contributed by atoms with Gasteiger partial charge in [0, 0.05) is 11.8 Å². The van der Waals surface area contributed by atoms with Gasteiger partial charge in [0.25, 0.3) is 11.5 Å². The fourth-order valence-corrected chi connectivity index (χ4v) is 2.49. The molecule has 0 aliphatic heterocycles. The molecule has 0 aliphatic carbocycles. The molecule has 1 N–H and O–H groups in total. The van der Waals surface area contributed by atoms with E-state index in [4.69, 9.17) is 4.74 Å². The first-order valence-corrected chi connectivity index (χ1v) is 7.55. The molecule has 0 unspecified atom stereocenters. The lowest BCUT2D eigenvalue weighted by Gasteiger charge is -2.12. The maximum atomic E-state index is 12.8. The number of benzene rings is 1. The van der Waals surface area contributed by atoms with Gasteiger partial charge in [-0.3, -0.25) is 9.59 Å². The maximum absolute atomic E-state index is 12.8. The predicted octanol–water partition coefficient (Wildman–Crippen LogP) is 1.97. The van der Waals surface area contributed by atoms with E-state index in [2.05, 4.69) is 4.98 Å². The summed E-state index contributed by atoms with van der Waals surface area (Å²) in [7, 11) is 0. The monoisotopic (exact) mass is 338 g/mol. The molecule has 0 saturated carbocycles. The van der Waals surface area contributed by atoms with Gasteiger partial charge in [0.15, 0.2) is 11.2 Å². The molecule has 2 aromatic heterocycles. The zero-order chi connectivity index (χ0) is 18.0. The Hall–Kier alpha value is -3.48. The summed E-state index contributed by atoms with van der Waals surface area (Å²) in [5, 5.41) is 10.4. The van der Waals surface area contributed by atoms with Gasteiger partial charge in [0.2, 0.25) is 0 Å². The van der Waals surface area contributed by atoms with E-state index in [-0.39, 0.29) is 23.2 Å². The molecular weight excluding hydrogens is 324 g/mol. The second kappa shape index (κ2) is 6.56. The number of aromatic nitrogens is 2. The second-order valence-electron chi connectivity index (χ2n) is 5.13. The highest BCUT2D eigenvalue weighted by Gasteiger charge is 2.26. The second-order valence-corrected chi connectivity index (χ2v) is 5.13. The molecule has 7 heteroatoms. The number of fused-ring (bicyclic) bond motifs is 1. The quantitative estimate of drug-likeness (QED) is 0.733. The number of hydrogen-bond donors (Lipinski definition) is 1. The summed E-state index contributed by atoms with van der Waals surface area (Å²) in [4.78, 5) is 41.7. The number of carbonyl (C=O) groups is 2. The number of ether oxygens (including phenoxy) is 1. The minimum Gasteiger partial charge on any atom is -0.506 e. The zero-order valence-electron chi connectivity index (χ0n) is 13.3. The van der Waals surface area contributed by atoms with Crippen LogP contribution in [0.1, 0.15) is 27.6 Å².